The average Bonchev–Trinajstić information content (AvgIpc) is 2.97. The Kier molecular flexibility index (Phi) is 9.19. The van der Waals surface area contributed by atoms with Gasteiger partial charge in [0.2, 0.25) is 0 Å². The molecule has 0 aliphatic rings. The van der Waals surface area contributed by atoms with Crippen LogP contribution in [-0.4, -0.2) is 48.2 Å². The van der Waals surface area contributed by atoms with Gasteiger partial charge in [0.25, 0.3) is 0 Å². The van der Waals surface area contributed by atoms with Gasteiger partial charge in [-0.2, -0.15) is 0 Å². The van der Waals surface area contributed by atoms with Crippen LogP contribution >= 0.6 is 0 Å². The molecule has 2 N–H and O–H groups in total. The average molecular weight is 547 g/mol. The second kappa shape index (κ2) is 13.1. The first-order chi connectivity index (χ1) is 19.4. The van der Waals surface area contributed by atoms with E-state index in [0.29, 0.717) is 11.8 Å². The summed E-state index contributed by atoms with van der Waals surface area (Å²) in [6, 6.07) is 16.4. The van der Waals surface area contributed by atoms with Gasteiger partial charge in [-0.05, 0) is 48.2 Å². The van der Waals surface area contributed by atoms with Crippen molar-refractivity contribution >= 4 is 34.7 Å². The lowest BCUT2D eigenvalue weighted by atomic mass is 10.0. The van der Waals surface area contributed by atoms with Crippen LogP contribution in [0.25, 0.3) is 10.9 Å². The number of aromatic nitrogens is 2. The first-order valence-electron chi connectivity index (χ1n) is 12.4. The number of amides is 2. The molecule has 0 radical (unpaired) electrons. The lowest BCUT2D eigenvalue weighted by Gasteiger charge is -2.16. The van der Waals surface area contributed by atoms with Crippen LogP contribution in [-0.2, 0) is 27.3 Å². The molecule has 2 aromatic carbocycles. The first-order valence-corrected chi connectivity index (χ1v) is 12.4. The smallest absolute Gasteiger partial charge is 0.360 e. The summed E-state index contributed by atoms with van der Waals surface area (Å²) in [4.78, 5) is 46.0. The predicted octanol–water partition coefficient (Wildman–Crippen LogP) is 4.41. The molecule has 0 aliphatic carbocycles. The monoisotopic (exact) mass is 546 g/mol. The Morgan fingerprint density at radius 2 is 1.73 bits per heavy atom. The second-order valence-corrected chi connectivity index (χ2v) is 8.56. The summed E-state index contributed by atoms with van der Waals surface area (Å²) in [6.45, 7) is 1.57. The van der Waals surface area contributed by atoms with Crippen LogP contribution in [0.5, 0.6) is 5.75 Å². The fourth-order valence-electron chi connectivity index (χ4n) is 3.85. The number of hydrogen-bond acceptors (Lipinski definition) is 8. The van der Waals surface area contributed by atoms with E-state index in [9.17, 15) is 18.8 Å². The molecule has 40 heavy (non-hydrogen) atoms. The number of rotatable bonds is 10. The minimum Gasteiger partial charge on any atom is -0.484 e. The van der Waals surface area contributed by atoms with Crippen molar-refractivity contribution < 1.29 is 33.0 Å². The standard InChI is InChI=1S/C29H27FN4O6/c1-3-39-23(35)16-32-29(37)34-27-22-14-20(13-18-9-11-21(30)12-10-18)15-31-24(22)26(25(33-27)28(36)38-2)40-17-19-7-5-4-6-8-19/h4-12,14-15H,3,13,16-17H2,1-2H3,(H2,32,33,34,37). The molecule has 2 heterocycles. The van der Waals surface area contributed by atoms with E-state index in [0.717, 1.165) is 16.7 Å². The van der Waals surface area contributed by atoms with Gasteiger partial charge >= 0.3 is 18.0 Å². The number of esters is 2. The number of anilines is 1. The number of pyridine rings is 2. The van der Waals surface area contributed by atoms with E-state index >= 15 is 0 Å². The minimum absolute atomic E-state index is 0.00252. The molecule has 2 amide bonds. The normalized spacial score (nSPS) is 10.6. The summed E-state index contributed by atoms with van der Waals surface area (Å²) in [5.74, 6) is -1.68. The minimum atomic E-state index is -0.794. The Balaban J connectivity index is 1.75. The molecule has 0 aliphatic heterocycles. The van der Waals surface area contributed by atoms with E-state index in [1.165, 1.54) is 19.2 Å². The van der Waals surface area contributed by atoms with Crippen molar-refractivity contribution in [3.05, 3.63) is 95.1 Å². The fraction of sp³-hybridized carbons (Fsp3) is 0.207. The zero-order valence-electron chi connectivity index (χ0n) is 21.9. The quantitative estimate of drug-likeness (QED) is 0.280. The Morgan fingerprint density at radius 3 is 2.42 bits per heavy atom. The summed E-state index contributed by atoms with van der Waals surface area (Å²) in [5, 5.41) is 5.35. The van der Waals surface area contributed by atoms with Crippen LogP contribution in [0.1, 0.15) is 34.1 Å². The number of halogens is 1. The van der Waals surface area contributed by atoms with Crippen LogP contribution < -0.4 is 15.4 Å². The lowest BCUT2D eigenvalue weighted by Crippen LogP contribution is -2.34. The molecule has 11 heteroatoms. The molecule has 10 nitrogen and oxygen atoms in total. The molecule has 2 aromatic heterocycles. The number of carbonyl (C=O) groups is 3. The van der Waals surface area contributed by atoms with Crippen molar-refractivity contribution in [3.8, 4) is 5.75 Å². The third kappa shape index (κ3) is 7.07. The zero-order valence-corrected chi connectivity index (χ0v) is 21.9. The van der Waals surface area contributed by atoms with Crippen LogP contribution in [0.2, 0.25) is 0 Å². The summed E-state index contributed by atoms with van der Waals surface area (Å²) >= 11 is 0. The van der Waals surface area contributed by atoms with E-state index in [1.54, 1.807) is 31.3 Å². The topological polar surface area (TPSA) is 129 Å². The molecule has 206 valence electrons. The van der Waals surface area contributed by atoms with Crippen molar-refractivity contribution in [2.75, 3.05) is 25.6 Å². The van der Waals surface area contributed by atoms with E-state index in [2.05, 4.69) is 20.6 Å². The molecular formula is C29H27FN4O6. The highest BCUT2D eigenvalue weighted by Crippen LogP contribution is 2.34. The number of nitrogens with zero attached hydrogens (tertiary/aromatic N) is 2. The van der Waals surface area contributed by atoms with Crippen LogP contribution in [0.3, 0.4) is 0 Å². The zero-order chi connectivity index (χ0) is 28.5. The highest BCUT2D eigenvalue weighted by Gasteiger charge is 2.24. The highest BCUT2D eigenvalue weighted by molar-refractivity contribution is 6.05. The van der Waals surface area contributed by atoms with Crippen LogP contribution in [0.15, 0.2) is 66.9 Å². The predicted molar refractivity (Wildman–Crippen MR) is 145 cm³/mol. The maximum atomic E-state index is 13.4. The second-order valence-electron chi connectivity index (χ2n) is 8.56. The van der Waals surface area contributed by atoms with Gasteiger partial charge < -0.3 is 19.5 Å². The maximum absolute atomic E-state index is 13.4. The van der Waals surface area contributed by atoms with Crippen molar-refractivity contribution in [1.82, 2.24) is 15.3 Å². The van der Waals surface area contributed by atoms with E-state index in [-0.39, 0.29) is 48.4 Å². The van der Waals surface area contributed by atoms with Crippen molar-refractivity contribution in [2.45, 2.75) is 20.0 Å². The maximum Gasteiger partial charge on any atom is 0.360 e. The number of carbonyl (C=O) groups excluding carboxylic acids is 3. The third-order valence-corrected chi connectivity index (χ3v) is 5.71. The third-order valence-electron chi connectivity index (χ3n) is 5.71. The SMILES string of the molecule is CCOC(=O)CNC(=O)Nc1nc(C(=O)OC)c(OCc2ccccc2)c2ncc(Cc3ccc(F)cc3)cc12. The first kappa shape index (κ1) is 28.0. The molecule has 4 aromatic rings. The molecule has 0 spiro atoms. The Bertz CT molecular complexity index is 1510. The van der Waals surface area contributed by atoms with Gasteiger partial charge in [0.1, 0.15) is 30.3 Å². The molecule has 0 fully saturated rings. The molecule has 0 atom stereocenters. The number of nitrogens with one attached hydrogen (secondary N) is 2. The number of hydrogen-bond donors (Lipinski definition) is 2. The number of methoxy groups -OCH3 is 1. The number of fused-ring (bicyclic) bond motifs is 1. The largest absolute Gasteiger partial charge is 0.484 e. The summed E-state index contributed by atoms with van der Waals surface area (Å²) in [5.41, 5.74) is 2.49. The van der Waals surface area contributed by atoms with Crippen molar-refractivity contribution in [2.24, 2.45) is 0 Å². The molecule has 0 saturated heterocycles. The van der Waals surface area contributed by atoms with Gasteiger partial charge in [-0.25, -0.2) is 19.0 Å². The van der Waals surface area contributed by atoms with Crippen LogP contribution in [0, 0.1) is 5.82 Å². The van der Waals surface area contributed by atoms with Gasteiger partial charge in [0, 0.05) is 11.6 Å². The van der Waals surface area contributed by atoms with Gasteiger partial charge in [0.15, 0.2) is 11.4 Å². The lowest BCUT2D eigenvalue weighted by molar-refractivity contribution is -0.141. The molecule has 0 saturated carbocycles. The van der Waals surface area contributed by atoms with E-state index < -0.39 is 18.0 Å². The van der Waals surface area contributed by atoms with Gasteiger partial charge in [0.05, 0.1) is 13.7 Å². The summed E-state index contributed by atoms with van der Waals surface area (Å²) in [7, 11) is 1.20. The number of benzene rings is 2. The fourth-order valence-corrected chi connectivity index (χ4v) is 3.85. The molecule has 0 unspecified atom stereocenters. The van der Waals surface area contributed by atoms with Crippen LogP contribution in [0.4, 0.5) is 15.0 Å². The van der Waals surface area contributed by atoms with Gasteiger partial charge in [-0.1, -0.05) is 42.5 Å². The molecular weight excluding hydrogens is 519 g/mol. The van der Waals surface area contributed by atoms with Crippen molar-refractivity contribution in [3.63, 3.8) is 0 Å². The Hall–Kier alpha value is -5.06. The van der Waals surface area contributed by atoms with E-state index in [1.807, 2.05) is 30.3 Å². The van der Waals surface area contributed by atoms with E-state index in [4.69, 9.17) is 14.2 Å². The summed E-state index contributed by atoms with van der Waals surface area (Å²) < 4.78 is 29.2. The summed E-state index contributed by atoms with van der Waals surface area (Å²) in [6.07, 6.45) is 2.02. The van der Waals surface area contributed by atoms with Crippen molar-refractivity contribution in [1.29, 1.82) is 0 Å². The van der Waals surface area contributed by atoms with Gasteiger partial charge in [-0.3, -0.25) is 15.1 Å². The number of urea groups is 1. The van der Waals surface area contributed by atoms with Gasteiger partial charge in [-0.15, -0.1) is 0 Å². The number of ether oxygens (including phenoxy) is 3. The molecule has 4 rings (SSSR count). The highest BCUT2D eigenvalue weighted by atomic mass is 19.1. The molecule has 0 bridgehead atoms. The Morgan fingerprint density at radius 1 is 0.975 bits per heavy atom. The Labute approximate surface area is 229 Å².